The van der Waals surface area contributed by atoms with Crippen molar-refractivity contribution in [1.29, 1.82) is 0 Å². The largest absolute Gasteiger partial charge is 0.395 e. The molecule has 0 aromatic rings. The molecule has 0 saturated heterocycles. The summed E-state index contributed by atoms with van der Waals surface area (Å²) in [5, 5.41) is 20.9. The van der Waals surface area contributed by atoms with Crippen molar-refractivity contribution in [3.05, 3.63) is 12.2 Å². The molecule has 0 aromatic heterocycles. The molecule has 104 valence electrons. The standard InChI is InChI=1S/C16H28O2/c1-10-11-12(13(2,3)4)16(10,9-17)15(7,18)8-14(11,5)6/h11-12,17-18H,1,8-9H2,2-7H3/t11-,12-,15+,16+/m0/s1. The van der Waals surface area contributed by atoms with Crippen molar-refractivity contribution in [2.24, 2.45) is 28.1 Å². The first-order valence-electron chi connectivity index (χ1n) is 6.94. The van der Waals surface area contributed by atoms with Crippen molar-refractivity contribution >= 4 is 0 Å². The van der Waals surface area contributed by atoms with Crippen LogP contribution < -0.4 is 0 Å². The van der Waals surface area contributed by atoms with Crippen molar-refractivity contribution in [1.82, 2.24) is 0 Å². The van der Waals surface area contributed by atoms with Gasteiger partial charge in [-0.25, -0.2) is 0 Å². The van der Waals surface area contributed by atoms with Crippen molar-refractivity contribution in [3.8, 4) is 0 Å². The van der Waals surface area contributed by atoms with Gasteiger partial charge in [0.2, 0.25) is 0 Å². The molecule has 2 heteroatoms. The lowest BCUT2D eigenvalue weighted by atomic mass is 9.30. The highest BCUT2D eigenvalue weighted by molar-refractivity contribution is 5.40. The molecular formula is C16H28O2. The van der Waals surface area contributed by atoms with Crippen LogP contribution in [0.25, 0.3) is 0 Å². The molecule has 2 bridgehead atoms. The Kier molecular flexibility index (Phi) is 2.66. The minimum absolute atomic E-state index is 0.00729. The molecule has 3 aliphatic carbocycles. The van der Waals surface area contributed by atoms with E-state index in [1.54, 1.807) is 0 Å². The number of fused-ring (bicyclic) bond motifs is 2. The first-order valence-corrected chi connectivity index (χ1v) is 6.94. The van der Waals surface area contributed by atoms with Crippen LogP contribution in [0.4, 0.5) is 0 Å². The van der Waals surface area contributed by atoms with E-state index in [0.29, 0.717) is 11.8 Å². The van der Waals surface area contributed by atoms with Gasteiger partial charge in [-0.3, -0.25) is 0 Å². The molecule has 0 heterocycles. The smallest absolute Gasteiger partial charge is 0.0743 e. The summed E-state index contributed by atoms with van der Waals surface area (Å²) >= 11 is 0. The van der Waals surface area contributed by atoms with E-state index < -0.39 is 11.0 Å². The van der Waals surface area contributed by atoms with E-state index in [2.05, 4.69) is 41.2 Å². The second-order valence-corrected chi connectivity index (χ2v) is 8.42. The Bertz CT molecular complexity index is 386. The molecule has 3 saturated carbocycles. The molecule has 0 aromatic carbocycles. The maximum Gasteiger partial charge on any atom is 0.0743 e. The molecule has 0 aliphatic heterocycles. The fourth-order valence-corrected chi connectivity index (χ4v) is 5.23. The van der Waals surface area contributed by atoms with Crippen LogP contribution in [-0.2, 0) is 0 Å². The van der Waals surface area contributed by atoms with Gasteiger partial charge in [-0.1, -0.05) is 46.8 Å². The number of hydrogen-bond acceptors (Lipinski definition) is 2. The van der Waals surface area contributed by atoms with E-state index in [-0.39, 0.29) is 17.4 Å². The molecule has 3 fully saturated rings. The van der Waals surface area contributed by atoms with E-state index in [1.165, 1.54) is 0 Å². The Morgan fingerprint density at radius 2 is 1.78 bits per heavy atom. The molecule has 2 N–H and O–H groups in total. The molecule has 3 aliphatic rings. The Hall–Kier alpha value is -0.340. The van der Waals surface area contributed by atoms with E-state index in [0.717, 1.165) is 12.0 Å². The second kappa shape index (κ2) is 3.40. The Morgan fingerprint density at radius 3 is 2.11 bits per heavy atom. The van der Waals surface area contributed by atoms with Crippen molar-refractivity contribution in [2.45, 2.75) is 53.6 Å². The summed E-state index contributed by atoms with van der Waals surface area (Å²) in [7, 11) is 0. The maximum atomic E-state index is 11.0. The van der Waals surface area contributed by atoms with Gasteiger partial charge in [0.05, 0.1) is 12.2 Å². The van der Waals surface area contributed by atoms with Crippen LogP contribution in [0.5, 0.6) is 0 Å². The lowest BCUT2D eigenvalue weighted by Gasteiger charge is -2.74. The molecule has 3 rings (SSSR count). The van der Waals surface area contributed by atoms with Crippen LogP contribution in [0.2, 0.25) is 0 Å². The van der Waals surface area contributed by atoms with Crippen LogP contribution in [-0.4, -0.2) is 22.4 Å². The van der Waals surface area contributed by atoms with Gasteiger partial charge >= 0.3 is 0 Å². The van der Waals surface area contributed by atoms with Crippen molar-refractivity contribution in [3.63, 3.8) is 0 Å². The first kappa shape index (κ1) is 14.1. The first-order chi connectivity index (χ1) is 7.92. The lowest BCUT2D eigenvalue weighted by Crippen LogP contribution is -2.75. The highest BCUT2D eigenvalue weighted by Crippen LogP contribution is 2.75. The van der Waals surface area contributed by atoms with Gasteiger partial charge in [0.25, 0.3) is 0 Å². The van der Waals surface area contributed by atoms with Gasteiger partial charge in [0.15, 0.2) is 0 Å². The highest BCUT2D eigenvalue weighted by atomic mass is 16.3. The van der Waals surface area contributed by atoms with Gasteiger partial charge in [-0.05, 0) is 36.0 Å². The predicted octanol–water partition coefficient (Wildman–Crippen LogP) is 2.99. The summed E-state index contributed by atoms with van der Waals surface area (Å²) in [5.41, 5.74) is -0.196. The molecule has 0 amide bonds. The molecule has 0 spiro atoms. The third kappa shape index (κ3) is 1.36. The Labute approximate surface area is 111 Å². The zero-order valence-electron chi connectivity index (χ0n) is 12.7. The van der Waals surface area contributed by atoms with E-state index in [9.17, 15) is 10.2 Å². The molecular weight excluding hydrogens is 224 g/mol. The van der Waals surface area contributed by atoms with Crippen LogP contribution >= 0.6 is 0 Å². The summed E-state index contributed by atoms with van der Waals surface area (Å²) in [4.78, 5) is 0. The number of aliphatic hydroxyl groups excluding tert-OH is 1. The molecule has 18 heavy (non-hydrogen) atoms. The SMILES string of the molecule is C=C1[C@H]2[C@@H](C(C)(C)C)[C@]1(CO)[C@](C)(O)CC2(C)C. The average Bonchev–Trinajstić information content (AvgIpc) is 2.08. The van der Waals surface area contributed by atoms with Crippen LogP contribution in [0.3, 0.4) is 0 Å². The quantitative estimate of drug-likeness (QED) is 0.704. The van der Waals surface area contributed by atoms with Crippen LogP contribution in [0.15, 0.2) is 12.2 Å². The normalized spacial score (nSPS) is 46.8. The van der Waals surface area contributed by atoms with E-state index in [1.807, 2.05) is 6.92 Å². The molecule has 0 radical (unpaired) electrons. The van der Waals surface area contributed by atoms with Crippen molar-refractivity contribution < 1.29 is 10.2 Å². The minimum atomic E-state index is -0.866. The van der Waals surface area contributed by atoms with E-state index >= 15 is 0 Å². The summed E-state index contributed by atoms with van der Waals surface area (Å²) in [6, 6.07) is 0. The van der Waals surface area contributed by atoms with Gasteiger partial charge in [0, 0.05) is 5.41 Å². The van der Waals surface area contributed by atoms with E-state index in [4.69, 9.17) is 0 Å². The number of hydrogen-bond donors (Lipinski definition) is 2. The average molecular weight is 252 g/mol. The monoisotopic (exact) mass is 252 g/mol. The molecule has 4 atom stereocenters. The fourth-order valence-electron chi connectivity index (χ4n) is 5.23. The fraction of sp³-hybridized carbons (Fsp3) is 0.875. The lowest BCUT2D eigenvalue weighted by molar-refractivity contribution is -0.262. The summed E-state index contributed by atoms with van der Waals surface area (Å²) in [5.74, 6) is 0.700. The highest BCUT2D eigenvalue weighted by Gasteiger charge is 2.74. The third-order valence-electron chi connectivity index (χ3n) is 5.60. The predicted molar refractivity (Wildman–Crippen MR) is 74.1 cm³/mol. The third-order valence-corrected chi connectivity index (χ3v) is 5.60. The summed E-state index contributed by atoms with van der Waals surface area (Å²) < 4.78 is 0. The Morgan fingerprint density at radius 1 is 1.28 bits per heavy atom. The van der Waals surface area contributed by atoms with Crippen LogP contribution in [0.1, 0.15) is 48.0 Å². The van der Waals surface area contributed by atoms with Gasteiger partial charge in [-0.15, -0.1) is 0 Å². The molecule has 2 nitrogen and oxygen atoms in total. The number of aliphatic hydroxyl groups is 2. The zero-order valence-corrected chi connectivity index (χ0v) is 12.7. The van der Waals surface area contributed by atoms with Gasteiger partial charge in [0.1, 0.15) is 0 Å². The maximum absolute atomic E-state index is 11.0. The Balaban J connectivity index is 2.59. The number of rotatable bonds is 1. The van der Waals surface area contributed by atoms with Gasteiger partial charge in [-0.2, -0.15) is 0 Å². The summed E-state index contributed by atoms with van der Waals surface area (Å²) in [6.07, 6.45) is 0.733. The second-order valence-electron chi connectivity index (χ2n) is 8.42. The summed E-state index contributed by atoms with van der Waals surface area (Å²) in [6.45, 7) is 17.2. The minimum Gasteiger partial charge on any atom is -0.395 e. The zero-order chi connectivity index (χ0) is 14.1. The van der Waals surface area contributed by atoms with Crippen LogP contribution in [0, 0.1) is 28.1 Å². The molecule has 0 unspecified atom stereocenters. The topological polar surface area (TPSA) is 40.5 Å². The van der Waals surface area contributed by atoms with Crippen molar-refractivity contribution in [2.75, 3.05) is 6.61 Å². The van der Waals surface area contributed by atoms with Gasteiger partial charge < -0.3 is 10.2 Å².